The fourth-order valence-corrected chi connectivity index (χ4v) is 3.78. The first-order chi connectivity index (χ1) is 8.73. The van der Waals surface area contributed by atoms with E-state index in [-0.39, 0.29) is 11.3 Å². The first-order valence-electron chi connectivity index (χ1n) is 7.68. The van der Waals surface area contributed by atoms with Gasteiger partial charge in [-0.2, -0.15) is 0 Å². The summed E-state index contributed by atoms with van der Waals surface area (Å²) >= 11 is 0. The Hall–Kier alpha value is -0.570. The quantitative estimate of drug-likeness (QED) is 0.798. The van der Waals surface area contributed by atoms with E-state index in [9.17, 15) is 15.0 Å². The normalized spacial score (nSPS) is 30.1. The van der Waals surface area contributed by atoms with Gasteiger partial charge in [0.25, 0.3) is 0 Å². The average Bonchev–Trinajstić information content (AvgIpc) is 2.27. The van der Waals surface area contributed by atoms with Crippen LogP contribution in [0.15, 0.2) is 0 Å². The van der Waals surface area contributed by atoms with Gasteiger partial charge in [0.15, 0.2) is 0 Å². The maximum absolute atomic E-state index is 11.6. The molecule has 1 rings (SSSR count). The molecule has 1 aliphatic carbocycles. The molecule has 0 saturated heterocycles. The molecule has 0 aromatic carbocycles. The van der Waals surface area contributed by atoms with E-state index in [1.807, 2.05) is 0 Å². The summed E-state index contributed by atoms with van der Waals surface area (Å²) < 4.78 is 0. The number of carbonyl (C=O) groups is 1. The van der Waals surface area contributed by atoms with E-state index in [1.165, 1.54) is 0 Å². The fourth-order valence-electron chi connectivity index (χ4n) is 3.78. The Morgan fingerprint density at radius 1 is 1.37 bits per heavy atom. The van der Waals surface area contributed by atoms with E-state index >= 15 is 0 Å². The van der Waals surface area contributed by atoms with E-state index in [0.717, 1.165) is 32.1 Å². The third-order valence-electron chi connectivity index (χ3n) is 4.72. The summed E-state index contributed by atoms with van der Waals surface area (Å²) in [5, 5.41) is 20.7. The number of hydrogen-bond acceptors (Lipinski definition) is 2. The molecule has 3 heteroatoms. The van der Waals surface area contributed by atoms with Crippen LogP contribution in [0.25, 0.3) is 0 Å². The Kier molecular flexibility index (Phi) is 5.43. The number of rotatable bonds is 5. The Bertz CT molecular complexity index is 306. The van der Waals surface area contributed by atoms with Gasteiger partial charge >= 0.3 is 5.97 Å². The van der Waals surface area contributed by atoms with Crippen LogP contribution in [-0.2, 0) is 4.79 Å². The second-order valence-corrected chi connectivity index (χ2v) is 7.19. The Morgan fingerprint density at radius 3 is 2.47 bits per heavy atom. The van der Waals surface area contributed by atoms with Crippen LogP contribution in [-0.4, -0.2) is 21.8 Å². The highest BCUT2D eigenvalue weighted by Crippen LogP contribution is 2.49. The lowest BCUT2D eigenvalue weighted by atomic mass is 9.59. The van der Waals surface area contributed by atoms with Crippen LogP contribution in [0, 0.1) is 17.3 Å². The highest BCUT2D eigenvalue weighted by molar-refractivity contribution is 5.71. The molecule has 19 heavy (non-hydrogen) atoms. The average molecular weight is 270 g/mol. The lowest BCUT2D eigenvalue weighted by molar-refractivity contribution is -0.170. The molecule has 1 aliphatic rings. The molecule has 0 amide bonds. The van der Waals surface area contributed by atoms with Gasteiger partial charge in [-0.25, -0.2) is 0 Å². The molecule has 112 valence electrons. The van der Waals surface area contributed by atoms with Crippen LogP contribution in [0.5, 0.6) is 0 Å². The van der Waals surface area contributed by atoms with Gasteiger partial charge in [0, 0.05) is 0 Å². The number of aliphatic hydroxyl groups is 1. The van der Waals surface area contributed by atoms with E-state index in [0.29, 0.717) is 12.8 Å². The van der Waals surface area contributed by atoms with E-state index in [1.54, 1.807) is 0 Å². The van der Waals surface area contributed by atoms with E-state index in [4.69, 9.17) is 0 Å². The van der Waals surface area contributed by atoms with Gasteiger partial charge in [-0.1, -0.05) is 53.4 Å². The molecule has 0 aromatic heterocycles. The summed E-state index contributed by atoms with van der Waals surface area (Å²) in [5.41, 5.74) is -1.08. The van der Waals surface area contributed by atoms with Crippen molar-refractivity contribution in [2.24, 2.45) is 17.3 Å². The first kappa shape index (κ1) is 16.5. The van der Waals surface area contributed by atoms with Gasteiger partial charge in [-0.15, -0.1) is 0 Å². The Morgan fingerprint density at radius 2 is 2.00 bits per heavy atom. The molecular formula is C16H30O3. The summed E-state index contributed by atoms with van der Waals surface area (Å²) in [6, 6.07) is 0. The van der Waals surface area contributed by atoms with Crippen molar-refractivity contribution in [2.75, 3.05) is 0 Å². The van der Waals surface area contributed by atoms with Crippen molar-refractivity contribution in [1.82, 2.24) is 0 Å². The summed E-state index contributed by atoms with van der Waals surface area (Å²) in [6.45, 7) is 8.41. The molecule has 3 nitrogen and oxygen atoms in total. The Labute approximate surface area is 117 Å². The Balaban J connectivity index is 3.02. The highest BCUT2D eigenvalue weighted by Gasteiger charge is 2.51. The molecule has 0 aromatic rings. The summed E-state index contributed by atoms with van der Waals surface area (Å²) in [7, 11) is 0. The number of aliphatic carboxylic acids is 1. The minimum atomic E-state index is -1.03. The van der Waals surface area contributed by atoms with Crippen LogP contribution in [0.2, 0.25) is 0 Å². The molecule has 1 saturated carbocycles. The van der Waals surface area contributed by atoms with Crippen molar-refractivity contribution in [3.05, 3.63) is 0 Å². The monoisotopic (exact) mass is 270 g/mol. The fraction of sp³-hybridized carbons (Fsp3) is 0.938. The number of hydrogen-bond donors (Lipinski definition) is 2. The van der Waals surface area contributed by atoms with Crippen molar-refractivity contribution in [1.29, 1.82) is 0 Å². The minimum absolute atomic E-state index is 0.0465. The molecule has 0 bridgehead atoms. The molecule has 2 N–H and O–H groups in total. The maximum atomic E-state index is 11.6. The largest absolute Gasteiger partial charge is 0.481 e. The first-order valence-corrected chi connectivity index (χ1v) is 7.68. The number of carboxylic acid groups (broad SMARTS) is 1. The van der Waals surface area contributed by atoms with Crippen LogP contribution < -0.4 is 0 Å². The predicted molar refractivity (Wildman–Crippen MR) is 77.0 cm³/mol. The molecular weight excluding hydrogens is 240 g/mol. The van der Waals surface area contributed by atoms with Crippen LogP contribution in [0.3, 0.4) is 0 Å². The molecule has 0 radical (unpaired) electrons. The van der Waals surface area contributed by atoms with Crippen molar-refractivity contribution in [3.63, 3.8) is 0 Å². The number of carboxylic acids is 1. The van der Waals surface area contributed by atoms with Crippen molar-refractivity contribution in [3.8, 4) is 0 Å². The van der Waals surface area contributed by atoms with Gasteiger partial charge in [0.05, 0.1) is 11.5 Å². The van der Waals surface area contributed by atoms with Gasteiger partial charge in [0.2, 0.25) is 0 Å². The molecule has 0 heterocycles. The van der Waals surface area contributed by atoms with Gasteiger partial charge in [-0.05, 0) is 30.6 Å². The zero-order valence-electron chi connectivity index (χ0n) is 12.9. The van der Waals surface area contributed by atoms with E-state index < -0.39 is 17.5 Å². The van der Waals surface area contributed by atoms with Gasteiger partial charge in [0.1, 0.15) is 0 Å². The van der Waals surface area contributed by atoms with Crippen molar-refractivity contribution >= 4 is 5.97 Å². The molecule has 3 atom stereocenters. The van der Waals surface area contributed by atoms with Crippen LogP contribution in [0.4, 0.5) is 0 Å². The van der Waals surface area contributed by atoms with Crippen molar-refractivity contribution < 1.29 is 15.0 Å². The molecule has 0 aliphatic heterocycles. The molecule has 3 unspecified atom stereocenters. The maximum Gasteiger partial charge on any atom is 0.309 e. The lowest BCUT2D eigenvalue weighted by Crippen LogP contribution is -2.54. The van der Waals surface area contributed by atoms with Crippen molar-refractivity contribution in [2.45, 2.75) is 78.2 Å². The standard InChI is InChI=1S/C16H30O3/c1-5-6-9-12(14(17)18)16(19)11-8-7-10-13(16)15(2,3)4/h12-13,19H,5-11H2,1-4H3,(H,17,18). The van der Waals surface area contributed by atoms with Crippen LogP contribution in [0.1, 0.15) is 72.6 Å². The van der Waals surface area contributed by atoms with Gasteiger partial charge in [-0.3, -0.25) is 4.79 Å². The SMILES string of the molecule is CCCCC(C(=O)O)C1(O)CCCCC1C(C)(C)C. The summed E-state index contributed by atoms with van der Waals surface area (Å²) in [4.78, 5) is 11.6. The highest BCUT2D eigenvalue weighted by atomic mass is 16.4. The third-order valence-corrected chi connectivity index (χ3v) is 4.72. The molecule has 1 fully saturated rings. The second-order valence-electron chi connectivity index (χ2n) is 7.19. The zero-order chi connectivity index (χ0) is 14.7. The topological polar surface area (TPSA) is 57.5 Å². The van der Waals surface area contributed by atoms with Gasteiger partial charge < -0.3 is 10.2 Å². The molecule has 0 spiro atoms. The predicted octanol–water partition coefficient (Wildman–Crippen LogP) is 3.84. The summed E-state index contributed by atoms with van der Waals surface area (Å²) in [5.74, 6) is -1.37. The smallest absolute Gasteiger partial charge is 0.309 e. The minimum Gasteiger partial charge on any atom is -0.481 e. The zero-order valence-corrected chi connectivity index (χ0v) is 12.9. The lowest BCUT2D eigenvalue weighted by Gasteiger charge is -2.49. The summed E-state index contributed by atoms with van der Waals surface area (Å²) in [6.07, 6.45) is 6.06. The second kappa shape index (κ2) is 6.25. The number of unbranched alkanes of at least 4 members (excludes halogenated alkanes) is 1. The van der Waals surface area contributed by atoms with Crippen LogP contribution >= 0.6 is 0 Å². The third kappa shape index (κ3) is 3.71. The van der Waals surface area contributed by atoms with E-state index in [2.05, 4.69) is 27.7 Å².